The van der Waals surface area contributed by atoms with Crippen molar-refractivity contribution >= 4 is 22.5 Å². The summed E-state index contributed by atoms with van der Waals surface area (Å²) < 4.78 is 14.0. The molecule has 6 heteroatoms. The maximum atomic E-state index is 14.0. The van der Waals surface area contributed by atoms with Crippen LogP contribution in [-0.4, -0.2) is 20.2 Å². The first-order chi connectivity index (χ1) is 9.95. The Kier molecular flexibility index (Phi) is 3.08. The zero-order chi connectivity index (χ0) is 15.0. The predicted octanol–water partition coefficient (Wildman–Crippen LogP) is 3.53. The third-order valence-corrected chi connectivity index (χ3v) is 3.33. The first-order valence-electron chi connectivity index (χ1n) is 6.66. The number of benzene rings is 1. The van der Waals surface area contributed by atoms with Crippen LogP contribution < -0.4 is 5.32 Å². The van der Waals surface area contributed by atoms with E-state index in [9.17, 15) is 4.39 Å². The fraction of sp³-hybridized carbons (Fsp3) is 0.267. The Morgan fingerprint density at radius 3 is 2.76 bits per heavy atom. The Labute approximate surface area is 121 Å². The molecule has 1 aromatic carbocycles. The van der Waals surface area contributed by atoms with Gasteiger partial charge in [0.2, 0.25) is 0 Å². The number of aromatic nitrogens is 4. The molecule has 2 heterocycles. The second kappa shape index (κ2) is 4.80. The van der Waals surface area contributed by atoms with Crippen LogP contribution in [0, 0.1) is 5.82 Å². The SMILES string of the molecule is CC(C)(C)c1ccc(F)c(Nc2ncnc3[nH]ncc23)c1. The number of halogens is 1. The van der Waals surface area contributed by atoms with Crippen molar-refractivity contribution in [3.05, 3.63) is 42.1 Å². The standard InChI is InChI=1S/C15H16FN5/c1-15(2,3)9-4-5-11(16)12(6-9)20-13-10-7-19-21-14(10)18-8-17-13/h4-8H,1-3H3,(H2,17,18,19,20,21). The molecule has 2 N–H and O–H groups in total. The van der Waals surface area contributed by atoms with Gasteiger partial charge in [-0.05, 0) is 23.1 Å². The molecule has 2 aromatic heterocycles. The van der Waals surface area contributed by atoms with Gasteiger partial charge in [-0.1, -0.05) is 26.8 Å². The minimum Gasteiger partial charge on any atom is -0.337 e. The number of fused-ring (bicyclic) bond motifs is 1. The Bertz CT molecular complexity index is 788. The quantitative estimate of drug-likeness (QED) is 0.756. The van der Waals surface area contributed by atoms with E-state index in [4.69, 9.17) is 0 Å². The van der Waals surface area contributed by atoms with Gasteiger partial charge in [0.1, 0.15) is 18.0 Å². The summed E-state index contributed by atoms with van der Waals surface area (Å²) in [5, 5.41) is 10.4. The van der Waals surface area contributed by atoms with Gasteiger partial charge in [0.15, 0.2) is 5.65 Å². The molecule has 0 aliphatic rings. The maximum absolute atomic E-state index is 14.0. The van der Waals surface area contributed by atoms with Crippen molar-refractivity contribution in [2.45, 2.75) is 26.2 Å². The van der Waals surface area contributed by atoms with Gasteiger partial charge >= 0.3 is 0 Å². The molecule has 3 rings (SSSR count). The third kappa shape index (κ3) is 2.56. The molecule has 3 aromatic rings. The van der Waals surface area contributed by atoms with E-state index >= 15 is 0 Å². The highest BCUT2D eigenvalue weighted by Gasteiger charge is 2.16. The van der Waals surface area contributed by atoms with Crippen molar-refractivity contribution in [1.29, 1.82) is 0 Å². The van der Waals surface area contributed by atoms with Crippen LogP contribution >= 0.6 is 0 Å². The van der Waals surface area contributed by atoms with Gasteiger partial charge in [-0.15, -0.1) is 0 Å². The molecule has 5 nitrogen and oxygen atoms in total. The molecule has 0 radical (unpaired) electrons. The summed E-state index contributed by atoms with van der Waals surface area (Å²) in [7, 11) is 0. The minimum atomic E-state index is -0.321. The number of rotatable bonds is 2. The lowest BCUT2D eigenvalue weighted by atomic mass is 9.87. The number of hydrogen-bond acceptors (Lipinski definition) is 4. The normalized spacial score (nSPS) is 11.8. The lowest BCUT2D eigenvalue weighted by molar-refractivity contribution is 0.584. The summed E-state index contributed by atoms with van der Waals surface area (Å²) in [4.78, 5) is 8.22. The second-order valence-electron chi connectivity index (χ2n) is 5.92. The van der Waals surface area contributed by atoms with Gasteiger partial charge in [0.25, 0.3) is 0 Å². The number of anilines is 2. The molecule has 0 saturated carbocycles. The predicted molar refractivity (Wildman–Crippen MR) is 80.1 cm³/mol. The van der Waals surface area contributed by atoms with Gasteiger partial charge in [-0.2, -0.15) is 5.10 Å². The van der Waals surface area contributed by atoms with E-state index in [1.165, 1.54) is 12.4 Å². The number of nitrogens with zero attached hydrogens (tertiary/aromatic N) is 3. The molecule has 0 bridgehead atoms. The molecule has 0 amide bonds. The van der Waals surface area contributed by atoms with E-state index in [0.29, 0.717) is 17.2 Å². The van der Waals surface area contributed by atoms with Crippen molar-refractivity contribution in [1.82, 2.24) is 20.2 Å². The summed E-state index contributed by atoms with van der Waals surface area (Å²) in [5.41, 5.74) is 1.99. The molecule has 0 fully saturated rings. The van der Waals surface area contributed by atoms with Crippen LogP contribution in [0.2, 0.25) is 0 Å². The second-order valence-corrected chi connectivity index (χ2v) is 5.92. The summed E-state index contributed by atoms with van der Waals surface area (Å²) >= 11 is 0. The lowest BCUT2D eigenvalue weighted by Gasteiger charge is -2.20. The molecule has 108 valence electrons. The van der Waals surface area contributed by atoms with Gasteiger partial charge in [0.05, 0.1) is 17.3 Å². The van der Waals surface area contributed by atoms with E-state index in [0.717, 1.165) is 10.9 Å². The molecule has 0 spiro atoms. The van der Waals surface area contributed by atoms with Gasteiger partial charge in [0, 0.05) is 0 Å². The highest BCUT2D eigenvalue weighted by Crippen LogP contribution is 2.29. The summed E-state index contributed by atoms with van der Waals surface area (Å²) in [5.74, 6) is 0.206. The maximum Gasteiger partial charge on any atom is 0.160 e. The Balaban J connectivity index is 2.03. The van der Waals surface area contributed by atoms with Gasteiger partial charge in [-0.3, -0.25) is 5.10 Å². The van der Waals surface area contributed by atoms with E-state index < -0.39 is 0 Å². The summed E-state index contributed by atoms with van der Waals surface area (Å²) in [6, 6.07) is 5.08. The third-order valence-electron chi connectivity index (χ3n) is 3.33. The fourth-order valence-electron chi connectivity index (χ4n) is 2.08. The topological polar surface area (TPSA) is 66.5 Å². The smallest absolute Gasteiger partial charge is 0.160 e. The molecule has 0 atom stereocenters. The summed E-state index contributed by atoms with van der Waals surface area (Å²) in [6.07, 6.45) is 3.03. The van der Waals surface area contributed by atoms with Crippen LogP contribution in [0.1, 0.15) is 26.3 Å². The highest BCUT2D eigenvalue weighted by atomic mass is 19.1. The molecule has 0 aliphatic heterocycles. The van der Waals surface area contributed by atoms with Crippen LogP contribution in [0.4, 0.5) is 15.9 Å². The lowest BCUT2D eigenvalue weighted by Crippen LogP contribution is -2.11. The number of nitrogens with one attached hydrogen (secondary N) is 2. The summed E-state index contributed by atoms with van der Waals surface area (Å²) in [6.45, 7) is 6.26. The van der Waals surface area contributed by atoms with Crippen molar-refractivity contribution in [2.75, 3.05) is 5.32 Å². The average molecular weight is 285 g/mol. The molecule has 0 saturated heterocycles. The molecule has 0 unspecified atom stereocenters. The van der Waals surface area contributed by atoms with Crippen LogP contribution in [-0.2, 0) is 5.41 Å². The van der Waals surface area contributed by atoms with E-state index in [-0.39, 0.29) is 11.2 Å². The molecule has 21 heavy (non-hydrogen) atoms. The van der Waals surface area contributed by atoms with Gasteiger partial charge in [-0.25, -0.2) is 14.4 Å². The number of H-pyrrole nitrogens is 1. The molecular weight excluding hydrogens is 269 g/mol. The van der Waals surface area contributed by atoms with E-state index in [1.54, 1.807) is 12.3 Å². The van der Waals surface area contributed by atoms with Crippen molar-refractivity contribution in [2.24, 2.45) is 0 Å². The minimum absolute atomic E-state index is 0.0548. The van der Waals surface area contributed by atoms with Crippen LogP contribution in [0.5, 0.6) is 0 Å². The molecular formula is C15H16FN5. The Morgan fingerprint density at radius 2 is 2.00 bits per heavy atom. The number of hydrogen-bond donors (Lipinski definition) is 2. The van der Waals surface area contributed by atoms with E-state index in [1.807, 2.05) is 6.07 Å². The Hall–Kier alpha value is -2.50. The zero-order valence-corrected chi connectivity index (χ0v) is 12.1. The largest absolute Gasteiger partial charge is 0.337 e. The van der Waals surface area contributed by atoms with E-state index in [2.05, 4.69) is 46.3 Å². The van der Waals surface area contributed by atoms with Crippen molar-refractivity contribution in [3.63, 3.8) is 0 Å². The average Bonchev–Trinajstić information content (AvgIpc) is 2.89. The first kappa shape index (κ1) is 13.5. The Morgan fingerprint density at radius 1 is 1.19 bits per heavy atom. The van der Waals surface area contributed by atoms with Crippen LogP contribution in [0.25, 0.3) is 11.0 Å². The van der Waals surface area contributed by atoms with Crippen molar-refractivity contribution < 1.29 is 4.39 Å². The number of aromatic amines is 1. The van der Waals surface area contributed by atoms with Crippen LogP contribution in [0.3, 0.4) is 0 Å². The van der Waals surface area contributed by atoms with Crippen molar-refractivity contribution in [3.8, 4) is 0 Å². The van der Waals surface area contributed by atoms with Gasteiger partial charge < -0.3 is 5.32 Å². The zero-order valence-electron chi connectivity index (χ0n) is 12.1. The fourth-order valence-corrected chi connectivity index (χ4v) is 2.08. The highest BCUT2D eigenvalue weighted by molar-refractivity contribution is 5.87. The molecule has 0 aliphatic carbocycles. The van der Waals surface area contributed by atoms with Crippen LogP contribution in [0.15, 0.2) is 30.7 Å². The monoisotopic (exact) mass is 285 g/mol. The first-order valence-corrected chi connectivity index (χ1v) is 6.66.